The molecule has 0 radical (unpaired) electrons. The van der Waals surface area contributed by atoms with Crippen LogP contribution in [0.5, 0.6) is 0 Å². The van der Waals surface area contributed by atoms with Gasteiger partial charge in [-0.1, -0.05) is 5.16 Å². The van der Waals surface area contributed by atoms with Crippen molar-refractivity contribution in [2.45, 2.75) is 44.9 Å². The van der Waals surface area contributed by atoms with Crippen molar-refractivity contribution in [1.29, 1.82) is 0 Å². The van der Waals surface area contributed by atoms with Gasteiger partial charge in [0.15, 0.2) is 0 Å². The maximum absolute atomic E-state index is 12.3. The molecule has 3 rings (SSSR count). The van der Waals surface area contributed by atoms with Crippen LogP contribution in [0.15, 0.2) is 4.52 Å². The fraction of sp³-hybridized carbons (Fsp3) is 0.714. The molecule has 2 N–H and O–H groups in total. The lowest BCUT2D eigenvalue weighted by atomic mass is 9.72. The van der Waals surface area contributed by atoms with E-state index >= 15 is 0 Å². The fourth-order valence-corrected chi connectivity index (χ4v) is 4.22. The Hall–Kier alpha value is -1.45. The second-order valence-corrected chi connectivity index (χ2v) is 8.06. The van der Waals surface area contributed by atoms with Gasteiger partial charge >= 0.3 is 0 Å². The highest BCUT2D eigenvalue weighted by atomic mass is 32.2. The summed E-state index contributed by atoms with van der Waals surface area (Å²) < 4.78 is 36.2. The van der Waals surface area contributed by atoms with Crippen LogP contribution in [0.3, 0.4) is 0 Å². The second-order valence-electron chi connectivity index (χ2n) is 6.28. The van der Waals surface area contributed by atoms with E-state index in [2.05, 4.69) is 15.2 Å². The zero-order valence-corrected chi connectivity index (χ0v) is 14.1. The molecular formula is C14H21N3O5S. The number of hydrogen-bond donors (Lipinski definition) is 2. The largest absolute Gasteiger partial charge is 0.376 e. The lowest BCUT2D eigenvalue weighted by molar-refractivity contribution is -0.124. The van der Waals surface area contributed by atoms with E-state index in [-0.39, 0.29) is 30.4 Å². The van der Waals surface area contributed by atoms with Crippen molar-refractivity contribution in [2.24, 2.45) is 5.92 Å². The van der Waals surface area contributed by atoms with E-state index in [9.17, 15) is 13.2 Å². The summed E-state index contributed by atoms with van der Waals surface area (Å²) >= 11 is 0. The molecule has 8 nitrogen and oxygen atoms in total. The number of rotatable bonds is 5. The molecule has 0 aromatic carbocycles. The van der Waals surface area contributed by atoms with Gasteiger partial charge in [0, 0.05) is 18.1 Å². The monoisotopic (exact) mass is 343 g/mol. The van der Waals surface area contributed by atoms with E-state index in [4.69, 9.17) is 9.26 Å². The number of hydrogen-bond acceptors (Lipinski definition) is 6. The fourth-order valence-electron chi connectivity index (χ4n) is 3.44. The van der Waals surface area contributed by atoms with Crippen molar-refractivity contribution < 1.29 is 22.5 Å². The van der Waals surface area contributed by atoms with E-state index in [1.54, 1.807) is 13.8 Å². The van der Waals surface area contributed by atoms with Crippen LogP contribution < -0.4 is 10.0 Å². The molecule has 128 valence electrons. The molecule has 23 heavy (non-hydrogen) atoms. The van der Waals surface area contributed by atoms with Crippen molar-refractivity contribution in [3.63, 3.8) is 0 Å². The minimum absolute atomic E-state index is 0.155. The number of ether oxygens (including phenoxy) is 1. The van der Waals surface area contributed by atoms with Crippen LogP contribution in [0.25, 0.3) is 0 Å². The smallest absolute Gasteiger partial charge is 0.224 e. The number of carbonyl (C=O) groups is 1. The second kappa shape index (κ2) is 5.88. The topological polar surface area (TPSA) is 111 Å². The van der Waals surface area contributed by atoms with Crippen molar-refractivity contribution >= 4 is 15.9 Å². The molecule has 1 aromatic heterocycles. The van der Waals surface area contributed by atoms with Crippen LogP contribution in [0.2, 0.25) is 0 Å². The third-order valence-electron chi connectivity index (χ3n) is 4.58. The van der Waals surface area contributed by atoms with E-state index in [1.165, 1.54) is 0 Å². The van der Waals surface area contributed by atoms with Gasteiger partial charge in [-0.3, -0.25) is 4.79 Å². The lowest BCUT2D eigenvalue weighted by Crippen LogP contribution is -2.70. The number of amides is 1. The first-order valence-electron chi connectivity index (χ1n) is 7.56. The van der Waals surface area contributed by atoms with Gasteiger partial charge in [-0.15, -0.1) is 0 Å². The average Bonchev–Trinajstić information content (AvgIpc) is 3.01. The summed E-state index contributed by atoms with van der Waals surface area (Å²) in [6.45, 7) is 4.14. The molecule has 4 atom stereocenters. The Labute approximate surface area is 135 Å². The summed E-state index contributed by atoms with van der Waals surface area (Å²) in [4.78, 5) is 12.3. The molecule has 1 amide bonds. The molecule has 1 saturated heterocycles. The molecule has 1 aromatic rings. The molecule has 2 aliphatic rings. The number of sulfonamides is 1. The summed E-state index contributed by atoms with van der Waals surface area (Å²) in [5.41, 5.74) is 1.47. The van der Waals surface area contributed by atoms with E-state index in [0.717, 1.165) is 18.2 Å². The van der Waals surface area contributed by atoms with E-state index in [1.807, 2.05) is 0 Å². The van der Waals surface area contributed by atoms with E-state index < -0.39 is 16.1 Å². The Morgan fingerprint density at radius 3 is 2.70 bits per heavy atom. The highest BCUT2D eigenvalue weighted by molar-refractivity contribution is 7.88. The Bertz CT molecular complexity index is 694. The van der Waals surface area contributed by atoms with Gasteiger partial charge in [-0.25, -0.2) is 13.1 Å². The van der Waals surface area contributed by atoms with Crippen LogP contribution in [0, 0.1) is 19.8 Å². The van der Waals surface area contributed by atoms with Crippen LogP contribution in [0.4, 0.5) is 0 Å². The van der Waals surface area contributed by atoms with Crippen LogP contribution in [-0.4, -0.2) is 50.5 Å². The predicted octanol–water partition coefficient (Wildman–Crippen LogP) is -0.345. The standard InChI is InChI=1S/C14H21N3O5S/c1-7-10(8(2)22-16-7)6-11(18)15-12-9-4-5-21-14(9)13(12)17-23(3,19)20/h9,12-14,17H,4-6H2,1-3H3,(H,15,18)/t9-,12+,13-,14-/m1/s1. The first-order chi connectivity index (χ1) is 10.8. The normalized spacial score (nSPS) is 29.9. The molecule has 0 spiro atoms. The van der Waals surface area contributed by atoms with Gasteiger partial charge in [-0.2, -0.15) is 0 Å². The summed E-state index contributed by atoms with van der Waals surface area (Å²) in [5, 5.41) is 6.77. The predicted molar refractivity (Wildman–Crippen MR) is 81.2 cm³/mol. The number of fused-ring (bicyclic) bond motifs is 1. The van der Waals surface area contributed by atoms with Crippen LogP contribution >= 0.6 is 0 Å². The Morgan fingerprint density at radius 2 is 2.09 bits per heavy atom. The number of carbonyl (C=O) groups excluding carboxylic acids is 1. The summed E-state index contributed by atoms with van der Waals surface area (Å²) in [6.07, 6.45) is 1.94. The van der Waals surface area contributed by atoms with Gasteiger partial charge in [-0.05, 0) is 20.3 Å². The number of aryl methyl sites for hydroxylation is 2. The number of nitrogens with zero attached hydrogens (tertiary/aromatic N) is 1. The van der Waals surface area contributed by atoms with Gasteiger partial charge in [0.05, 0.1) is 36.6 Å². The Morgan fingerprint density at radius 1 is 1.35 bits per heavy atom. The average molecular weight is 343 g/mol. The number of nitrogens with one attached hydrogen (secondary N) is 2. The van der Waals surface area contributed by atoms with Crippen molar-refractivity contribution in [2.75, 3.05) is 12.9 Å². The van der Waals surface area contributed by atoms with Crippen LogP contribution in [0.1, 0.15) is 23.4 Å². The molecule has 2 fully saturated rings. The minimum atomic E-state index is -3.36. The molecule has 1 saturated carbocycles. The molecule has 0 bridgehead atoms. The third kappa shape index (κ3) is 3.26. The van der Waals surface area contributed by atoms with Gasteiger partial charge in [0.1, 0.15) is 5.76 Å². The maximum Gasteiger partial charge on any atom is 0.224 e. The van der Waals surface area contributed by atoms with E-state index in [0.29, 0.717) is 18.1 Å². The highest BCUT2D eigenvalue weighted by Crippen LogP contribution is 2.39. The van der Waals surface area contributed by atoms with Gasteiger partial charge in [0.25, 0.3) is 0 Å². The summed E-state index contributed by atoms with van der Waals surface area (Å²) in [6, 6.07) is -0.656. The minimum Gasteiger partial charge on any atom is -0.376 e. The quantitative estimate of drug-likeness (QED) is 0.756. The molecule has 2 heterocycles. The van der Waals surface area contributed by atoms with Crippen molar-refractivity contribution in [1.82, 2.24) is 15.2 Å². The summed E-state index contributed by atoms with van der Waals surface area (Å²) in [7, 11) is -3.36. The number of aromatic nitrogens is 1. The third-order valence-corrected chi connectivity index (χ3v) is 5.28. The Kier molecular flexibility index (Phi) is 4.19. The maximum atomic E-state index is 12.3. The van der Waals surface area contributed by atoms with Gasteiger partial charge < -0.3 is 14.6 Å². The molecular weight excluding hydrogens is 322 g/mol. The van der Waals surface area contributed by atoms with Crippen molar-refractivity contribution in [3.8, 4) is 0 Å². The lowest BCUT2D eigenvalue weighted by Gasteiger charge is -2.47. The Balaban J connectivity index is 1.67. The zero-order valence-electron chi connectivity index (χ0n) is 13.3. The molecule has 1 aliphatic heterocycles. The molecule has 1 aliphatic carbocycles. The SMILES string of the molecule is Cc1noc(C)c1CC(=O)N[C@H]1[C@H]2CCO[C@H]2[C@@H]1NS(C)(=O)=O. The molecule has 9 heteroatoms. The first-order valence-corrected chi connectivity index (χ1v) is 9.45. The van der Waals surface area contributed by atoms with Crippen molar-refractivity contribution in [3.05, 3.63) is 17.0 Å². The van der Waals surface area contributed by atoms with Crippen LogP contribution in [-0.2, 0) is 26.0 Å². The first kappa shape index (κ1) is 16.4. The zero-order chi connectivity index (χ0) is 16.8. The van der Waals surface area contributed by atoms with Gasteiger partial charge in [0.2, 0.25) is 15.9 Å². The summed E-state index contributed by atoms with van der Waals surface area (Å²) in [5.74, 6) is 0.608. The molecule has 0 unspecified atom stereocenters. The highest BCUT2D eigenvalue weighted by Gasteiger charge is 2.55.